The lowest BCUT2D eigenvalue weighted by Gasteiger charge is -2.26. The average molecular weight is 407 g/mol. The van der Waals surface area contributed by atoms with E-state index >= 15 is 0 Å². The highest BCUT2D eigenvalue weighted by Gasteiger charge is 2.32. The number of hydrogen-bond donors (Lipinski definition) is 1. The van der Waals surface area contributed by atoms with Crippen LogP contribution in [0.15, 0.2) is 35.2 Å². The summed E-state index contributed by atoms with van der Waals surface area (Å²) in [6.45, 7) is 5.68. The Hall–Kier alpha value is -2.23. The van der Waals surface area contributed by atoms with Gasteiger partial charge in [-0.3, -0.25) is 9.48 Å². The summed E-state index contributed by atoms with van der Waals surface area (Å²) < 4.78 is 34.2. The second kappa shape index (κ2) is 8.85. The first-order chi connectivity index (χ1) is 13.4. The minimum atomic E-state index is -3.62. The van der Waals surface area contributed by atoms with Gasteiger partial charge in [-0.15, -0.1) is 0 Å². The number of benzene rings is 1. The van der Waals surface area contributed by atoms with Crippen molar-refractivity contribution in [2.24, 2.45) is 0 Å². The number of amides is 1. The molecule has 0 atom stereocenters. The second-order valence-corrected chi connectivity index (χ2v) is 8.63. The van der Waals surface area contributed by atoms with Crippen LogP contribution in [0.25, 0.3) is 0 Å². The van der Waals surface area contributed by atoms with E-state index in [2.05, 4.69) is 10.4 Å². The van der Waals surface area contributed by atoms with Crippen LogP contribution in [0.1, 0.15) is 23.4 Å². The Morgan fingerprint density at radius 3 is 2.54 bits per heavy atom. The van der Waals surface area contributed by atoms with Crippen LogP contribution in [0.4, 0.5) is 0 Å². The van der Waals surface area contributed by atoms with Gasteiger partial charge in [-0.2, -0.15) is 9.40 Å². The van der Waals surface area contributed by atoms with E-state index in [0.717, 1.165) is 5.56 Å². The smallest absolute Gasteiger partial charge is 0.246 e. The van der Waals surface area contributed by atoms with E-state index in [0.29, 0.717) is 50.8 Å². The molecule has 0 spiro atoms. The van der Waals surface area contributed by atoms with Crippen molar-refractivity contribution in [1.82, 2.24) is 19.4 Å². The minimum absolute atomic E-state index is 0.103. The molecule has 0 aliphatic carbocycles. The van der Waals surface area contributed by atoms with Gasteiger partial charge in [0.25, 0.3) is 0 Å². The van der Waals surface area contributed by atoms with Crippen LogP contribution in [0, 0.1) is 13.8 Å². The Labute approximate surface area is 165 Å². The van der Waals surface area contributed by atoms with E-state index < -0.39 is 10.0 Å². The Morgan fingerprint density at radius 1 is 1.18 bits per heavy atom. The van der Waals surface area contributed by atoms with Gasteiger partial charge in [0.2, 0.25) is 15.9 Å². The normalized spacial score (nSPS) is 15.5. The van der Waals surface area contributed by atoms with E-state index in [1.807, 2.05) is 30.3 Å². The quantitative estimate of drug-likeness (QED) is 0.746. The molecule has 1 fully saturated rings. The zero-order chi connectivity index (χ0) is 20.1. The summed E-state index contributed by atoms with van der Waals surface area (Å²) in [5.41, 5.74) is 2.04. The summed E-state index contributed by atoms with van der Waals surface area (Å²) in [4.78, 5) is 12.4. The third-order valence-electron chi connectivity index (χ3n) is 4.77. The van der Waals surface area contributed by atoms with Crippen molar-refractivity contribution < 1.29 is 17.9 Å². The van der Waals surface area contributed by atoms with Crippen molar-refractivity contribution in [3.63, 3.8) is 0 Å². The molecule has 1 saturated heterocycles. The van der Waals surface area contributed by atoms with Crippen LogP contribution in [0.5, 0.6) is 0 Å². The fraction of sp³-hybridized carbons (Fsp3) is 0.474. The SMILES string of the molecule is Cc1nn(CCC(=O)NCc2ccccc2)c(C)c1S(=O)(=O)N1CCOCC1. The molecule has 0 bridgehead atoms. The molecule has 1 aromatic carbocycles. The third kappa shape index (κ3) is 4.60. The number of hydrogen-bond acceptors (Lipinski definition) is 5. The number of sulfonamides is 1. The van der Waals surface area contributed by atoms with Crippen molar-refractivity contribution in [3.8, 4) is 0 Å². The number of carbonyl (C=O) groups excluding carboxylic acids is 1. The molecule has 2 heterocycles. The van der Waals surface area contributed by atoms with Gasteiger partial charge in [0, 0.05) is 26.1 Å². The highest BCUT2D eigenvalue weighted by Crippen LogP contribution is 2.24. The Kier molecular flexibility index (Phi) is 6.48. The summed E-state index contributed by atoms with van der Waals surface area (Å²) in [6.07, 6.45) is 0.228. The fourth-order valence-electron chi connectivity index (χ4n) is 3.28. The van der Waals surface area contributed by atoms with Crippen LogP contribution >= 0.6 is 0 Å². The molecule has 2 aromatic rings. The van der Waals surface area contributed by atoms with E-state index in [9.17, 15) is 13.2 Å². The number of nitrogens with one attached hydrogen (secondary N) is 1. The van der Waals surface area contributed by atoms with Crippen molar-refractivity contribution in [2.45, 2.75) is 38.3 Å². The first-order valence-corrected chi connectivity index (χ1v) is 10.8. The summed E-state index contributed by atoms with van der Waals surface area (Å²) >= 11 is 0. The van der Waals surface area contributed by atoms with Crippen LogP contribution < -0.4 is 5.32 Å². The predicted octanol–water partition coefficient (Wildman–Crippen LogP) is 1.23. The van der Waals surface area contributed by atoms with Crippen LogP contribution in [0.2, 0.25) is 0 Å². The minimum Gasteiger partial charge on any atom is -0.379 e. The number of nitrogens with zero attached hydrogens (tertiary/aromatic N) is 3. The van der Waals surface area contributed by atoms with Gasteiger partial charge in [-0.05, 0) is 19.4 Å². The lowest BCUT2D eigenvalue weighted by atomic mass is 10.2. The van der Waals surface area contributed by atoms with Gasteiger partial charge in [-0.1, -0.05) is 30.3 Å². The summed E-state index contributed by atoms with van der Waals surface area (Å²) in [5, 5.41) is 7.23. The van der Waals surface area contributed by atoms with E-state index in [1.165, 1.54) is 4.31 Å². The van der Waals surface area contributed by atoms with Gasteiger partial charge < -0.3 is 10.1 Å². The number of aromatic nitrogens is 2. The maximum Gasteiger partial charge on any atom is 0.246 e. The van der Waals surface area contributed by atoms with Crippen LogP contribution in [0.3, 0.4) is 0 Å². The summed E-state index contributed by atoms with van der Waals surface area (Å²) in [7, 11) is -3.62. The summed E-state index contributed by atoms with van der Waals surface area (Å²) in [6, 6.07) is 9.67. The molecule has 1 aromatic heterocycles. The maximum absolute atomic E-state index is 13.0. The number of aryl methyl sites for hydroxylation is 2. The topological polar surface area (TPSA) is 93.5 Å². The molecule has 1 aliphatic heterocycles. The number of carbonyl (C=O) groups is 1. The van der Waals surface area contributed by atoms with Crippen molar-refractivity contribution >= 4 is 15.9 Å². The van der Waals surface area contributed by atoms with Gasteiger partial charge in [0.05, 0.1) is 31.1 Å². The molecule has 152 valence electrons. The van der Waals surface area contributed by atoms with Crippen molar-refractivity contribution in [2.75, 3.05) is 26.3 Å². The zero-order valence-corrected chi connectivity index (χ0v) is 17.0. The molecule has 28 heavy (non-hydrogen) atoms. The van der Waals surface area contributed by atoms with Gasteiger partial charge in [0.15, 0.2) is 0 Å². The average Bonchev–Trinajstić information content (AvgIpc) is 3.00. The first kappa shape index (κ1) is 20.5. The lowest BCUT2D eigenvalue weighted by Crippen LogP contribution is -2.41. The Balaban J connectivity index is 1.64. The standard InChI is InChI=1S/C19H26N4O4S/c1-15-19(28(25,26)22-10-12-27-13-11-22)16(2)23(21-15)9-8-18(24)20-14-17-6-4-3-5-7-17/h3-7H,8-14H2,1-2H3,(H,20,24). The molecule has 0 radical (unpaired) electrons. The van der Waals surface area contributed by atoms with Gasteiger partial charge in [-0.25, -0.2) is 8.42 Å². The molecule has 0 saturated carbocycles. The highest BCUT2D eigenvalue weighted by atomic mass is 32.2. The van der Waals surface area contributed by atoms with E-state index in [1.54, 1.807) is 18.5 Å². The molecule has 1 aliphatic rings. The Bertz CT molecular complexity index is 919. The number of morpholine rings is 1. The molecule has 1 amide bonds. The first-order valence-electron chi connectivity index (χ1n) is 9.32. The second-order valence-electron chi connectivity index (χ2n) is 6.75. The number of ether oxygens (including phenoxy) is 1. The maximum atomic E-state index is 13.0. The van der Waals surface area contributed by atoms with Crippen LogP contribution in [-0.2, 0) is 32.6 Å². The summed E-state index contributed by atoms with van der Waals surface area (Å²) in [5.74, 6) is -0.103. The molecule has 8 nitrogen and oxygen atoms in total. The van der Waals surface area contributed by atoms with E-state index in [-0.39, 0.29) is 17.2 Å². The molecule has 9 heteroatoms. The molecule has 0 unspecified atom stereocenters. The van der Waals surface area contributed by atoms with Gasteiger partial charge in [0.1, 0.15) is 4.90 Å². The third-order valence-corrected chi connectivity index (χ3v) is 6.92. The largest absolute Gasteiger partial charge is 0.379 e. The predicted molar refractivity (Wildman–Crippen MR) is 104 cm³/mol. The van der Waals surface area contributed by atoms with E-state index in [4.69, 9.17) is 4.74 Å². The van der Waals surface area contributed by atoms with Gasteiger partial charge >= 0.3 is 0 Å². The monoisotopic (exact) mass is 406 g/mol. The van der Waals surface area contributed by atoms with Crippen LogP contribution in [-0.4, -0.2) is 54.7 Å². The fourth-order valence-corrected chi connectivity index (χ4v) is 5.06. The molecule has 1 N–H and O–H groups in total. The highest BCUT2D eigenvalue weighted by molar-refractivity contribution is 7.89. The van der Waals surface area contributed by atoms with Crippen molar-refractivity contribution in [1.29, 1.82) is 0 Å². The zero-order valence-electron chi connectivity index (χ0n) is 16.2. The number of rotatable bonds is 7. The molecular weight excluding hydrogens is 380 g/mol. The lowest BCUT2D eigenvalue weighted by molar-refractivity contribution is -0.121. The Morgan fingerprint density at radius 2 is 1.86 bits per heavy atom. The molecule has 3 rings (SSSR count). The molecular formula is C19H26N4O4S. The van der Waals surface area contributed by atoms with Crippen molar-refractivity contribution in [3.05, 3.63) is 47.3 Å².